The van der Waals surface area contributed by atoms with Crippen LogP contribution in [0.25, 0.3) is 20.8 Å². The highest BCUT2D eigenvalue weighted by atomic mass is 32.2. The molecule has 9 heteroatoms. The van der Waals surface area contributed by atoms with Crippen molar-refractivity contribution in [2.45, 2.75) is 77.0 Å². The fourth-order valence-corrected chi connectivity index (χ4v) is 4.73. The molecule has 4 rings (SSSR count). The molecule has 3 aromatic rings. The summed E-state index contributed by atoms with van der Waals surface area (Å²) in [6, 6.07) is 8.40. The third-order valence-corrected chi connectivity index (χ3v) is 6.61. The van der Waals surface area contributed by atoms with Gasteiger partial charge in [-0.25, -0.2) is 15.0 Å². The number of aliphatic hydroxyl groups excluding tert-OH is 1. The van der Waals surface area contributed by atoms with E-state index >= 15 is 0 Å². The number of thioether (sulfide) groups is 1. The molecule has 0 aliphatic heterocycles. The Labute approximate surface area is 205 Å². The third kappa shape index (κ3) is 7.89. The molecule has 2 unspecified atom stereocenters. The highest BCUT2D eigenvalue weighted by Crippen LogP contribution is 2.37. The molecule has 0 spiro atoms. The number of methoxy groups -OCH3 is 1. The van der Waals surface area contributed by atoms with Crippen molar-refractivity contribution in [1.82, 2.24) is 15.0 Å². The highest BCUT2D eigenvalue weighted by molar-refractivity contribution is 7.98. The molecule has 7 nitrogen and oxygen atoms in total. The third-order valence-electron chi connectivity index (χ3n) is 5.01. The topological polar surface area (TPSA) is 100 Å². The fraction of sp³-hybridized carbons (Fsp3) is 0.542. The first kappa shape index (κ1) is 27.5. The Hall–Kier alpha value is -1.78. The SMILES string of the molecule is CC.COC(C)(C)O.CSc1nc(C)c(-c2nc3ccccc3s2)c(NC2CCC(O)C2)n1. The molecule has 0 bridgehead atoms. The largest absolute Gasteiger partial charge is 0.393 e. The maximum atomic E-state index is 9.83. The molecule has 0 radical (unpaired) electrons. The van der Waals surface area contributed by atoms with Gasteiger partial charge in [-0.15, -0.1) is 11.3 Å². The first-order valence-electron chi connectivity index (χ1n) is 11.2. The molecule has 33 heavy (non-hydrogen) atoms. The lowest BCUT2D eigenvalue weighted by Crippen LogP contribution is -2.20. The van der Waals surface area contributed by atoms with E-state index in [1.807, 2.05) is 45.2 Å². The second kappa shape index (κ2) is 12.6. The summed E-state index contributed by atoms with van der Waals surface area (Å²) in [7, 11) is 1.46. The molecule has 2 atom stereocenters. The van der Waals surface area contributed by atoms with E-state index in [1.54, 1.807) is 25.2 Å². The van der Waals surface area contributed by atoms with Crippen molar-refractivity contribution < 1.29 is 14.9 Å². The van der Waals surface area contributed by atoms with E-state index in [-0.39, 0.29) is 12.1 Å². The van der Waals surface area contributed by atoms with Crippen LogP contribution in [0.1, 0.15) is 52.7 Å². The first-order valence-corrected chi connectivity index (χ1v) is 13.2. The summed E-state index contributed by atoms with van der Waals surface area (Å²) < 4.78 is 5.65. The Morgan fingerprint density at radius 1 is 1.15 bits per heavy atom. The average molecular weight is 493 g/mol. The maximum absolute atomic E-state index is 9.83. The minimum absolute atomic E-state index is 0.216. The summed E-state index contributed by atoms with van der Waals surface area (Å²) in [5, 5.41) is 23.7. The van der Waals surface area contributed by atoms with E-state index in [0.29, 0.717) is 0 Å². The number of ether oxygens (including phenoxy) is 1. The lowest BCUT2D eigenvalue weighted by atomic mass is 10.2. The van der Waals surface area contributed by atoms with Crippen LogP contribution in [0.5, 0.6) is 0 Å². The monoisotopic (exact) mass is 492 g/mol. The lowest BCUT2D eigenvalue weighted by molar-refractivity contribution is -0.155. The van der Waals surface area contributed by atoms with Gasteiger partial charge in [-0.3, -0.25) is 0 Å². The first-order chi connectivity index (χ1) is 15.7. The zero-order valence-electron chi connectivity index (χ0n) is 20.5. The van der Waals surface area contributed by atoms with Crippen molar-refractivity contribution >= 4 is 39.1 Å². The molecule has 182 valence electrons. The van der Waals surface area contributed by atoms with Crippen LogP contribution in [0.4, 0.5) is 5.82 Å². The van der Waals surface area contributed by atoms with Gasteiger partial charge in [-0.05, 0) is 58.4 Å². The fourth-order valence-electron chi connectivity index (χ4n) is 3.26. The predicted octanol–water partition coefficient (Wildman–Crippen LogP) is 5.50. The predicted molar refractivity (Wildman–Crippen MR) is 139 cm³/mol. The Morgan fingerprint density at radius 3 is 2.36 bits per heavy atom. The van der Waals surface area contributed by atoms with Crippen LogP contribution in [0.2, 0.25) is 0 Å². The van der Waals surface area contributed by atoms with Gasteiger partial charge in [0.05, 0.1) is 27.6 Å². The minimum Gasteiger partial charge on any atom is -0.393 e. The molecular weight excluding hydrogens is 456 g/mol. The number of benzene rings is 1. The summed E-state index contributed by atoms with van der Waals surface area (Å²) >= 11 is 3.20. The maximum Gasteiger partial charge on any atom is 0.189 e. The molecule has 2 aromatic heterocycles. The number of aliphatic hydroxyl groups is 2. The Kier molecular flexibility index (Phi) is 10.5. The van der Waals surface area contributed by atoms with Gasteiger partial charge >= 0.3 is 0 Å². The molecule has 1 fully saturated rings. The molecule has 2 heterocycles. The summed E-state index contributed by atoms with van der Waals surface area (Å²) in [4.78, 5) is 14.1. The number of hydrogen-bond acceptors (Lipinski definition) is 9. The van der Waals surface area contributed by atoms with Crippen LogP contribution in [0.15, 0.2) is 29.4 Å². The van der Waals surface area contributed by atoms with Crippen LogP contribution in [0, 0.1) is 6.92 Å². The van der Waals surface area contributed by atoms with Crippen molar-refractivity contribution in [2.75, 3.05) is 18.7 Å². The van der Waals surface area contributed by atoms with Gasteiger partial charge in [0.1, 0.15) is 10.8 Å². The second-order valence-electron chi connectivity index (χ2n) is 7.97. The summed E-state index contributed by atoms with van der Waals surface area (Å²) in [6.45, 7) is 9.16. The average Bonchev–Trinajstić information content (AvgIpc) is 3.40. The smallest absolute Gasteiger partial charge is 0.189 e. The van der Waals surface area contributed by atoms with E-state index in [4.69, 9.17) is 15.1 Å². The van der Waals surface area contributed by atoms with Gasteiger partial charge in [0, 0.05) is 13.2 Å². The van der Waals surface area contributed by atoms with Crippen LogP contribution in [0.3, 0.4) is 0 Å². The van der Waals surface area contributed by atoms with Crippen LogP contribution >= 0.6 is 23.1 Å². The number of fused-ring (bicyclic) bond motifs is 1. The van der Waals surface area contributed by atoms with Crippen molar-refractivity contribution in [3.8, 4) is 10.6 Å². The van der Waals surface area contributed by atoms with E-state index in [2.05, 4.69) is 21.1 Å². The minimum atomic E-state index is -0.958. The number of nitrogens with one attached hydrogen (secondary N) is 1. The molecule has 1 aliphatic carbocycles. The number of hydrogen-bond donors (Lipinski definition) is 3. The number of anilines is 1. The number of thiazole rings is 1. The highest BCUT2D eigenvalue weighted by Gasteiger charge is 2.25. The number of aromatic nitrogens is 3. The molecule has 1 saturated carbocycles. The zero-order chi connectivity index (χ0) is 24.6. The Bertz CT molecular complexity index is 988. The molecule has 1 aliphatic rings. The standard InChI is InChI=1S/C18H20N4OS2.C4H10O2.C2H6/c1-10-15(17-21-13-5-3-4-6-14(13)25-17)16(22-18(19-10)24-2)20-11-7-8-12(23)9-11;1-4(2,5)6-3;1-2/h3-6,11-12,23H,7-9H2,1-2H3,(H,19,20,22);5H,1-3H3;1-2H3. The summed E-state index contributed by atoms with van der Waals surface area (Å²) in [5.74, 6) is -0.130. The normalized spacial score (nSPS) is 17.7. The van der Waals surface area contributed by atoms with Crippen molar-refractivity contribution in [3.63, 3.8) is 0 Å². The molecule has 1 aromatic carbocycles. The van der Waals surface area contributed by atoms with E-state index in [9.17, 15) is 5.11 Å². The van der Waals surface area contributed by atoms with Gasteiger partial charge in [-0.1, -0.05) is 37.7 Å². The number of para-hydroxylation sites is 1. The van der Waals surface area contributed by atoms with E-state index in [0.717, 1.165) is 56.7 Å². The molecule has 0 saturated heterocycles. The van der Waals surface area contributed by atoms with Gasteiger partial charge in [0.25, 0.3) is 0 Å². The second-order valence-corrected chi connectivity index (χ2v) is 9.77. The Morgan fingerprint density at radius 2 is 1.82 bits per heavy atom. The summed E-state index contributed by atoms with van der Waals surface area (Å²) in [5.41, 5.74) is 2.90. The van der Waals surface area contributed by atoms with Crippen molar-refractivity contribution in [2.24, 2.45) is 0 Å². The molecule has 3 N–H and O–H groups in total. The Balaban J connectivity index is 0.000000421. The van der Waals surface area contributed by atoms with Gasteiger partial charge in [0.2, 0.25) is 0 Å². The number of rotatable bonds is 5. The van der Waals surface area contributed by atoms with Crippen LogP contribution in [-0.2, 0) is 4.74 Å². The van der Waals surface area contributed by atoms with Gasteiger partial charge in [-0.2, -0.15) is 0 Å². The van der Waals surface area contributed by atoms with Crippen molar-refractivity contribution in [3.05, 3.63) is 30.0 Å². The number of aryl methyl sites for hydroxylation is 1. The number of nitrogens with zero attached hydrogens (tertiary/aromatic N) is 3. The van der Waals surface area contributed by atoms with E-state index < -0.39 is 5.79 Å². The quantitative estimate of drug-likeness (QED) is 0.244. The van der Waals surface area contributed by atoms with Crippen molar-refractivity contribution in [1.29, 1.82) is 0 Å². The van der Waals surface area contributed by atoms with E-state index in [1.165, 1.54) is 18.9 Å². The van der Waals surface area contributed by atoms with Gasteiger partial charge < -0.3 is 20.3 Å². The molecule has 0 amide bonds. The van der Waals surface area contributed by atoms with Crippen LogP contribution < -0.4 is 5.32 Å². The summed E-state index contributed by atoms with van der Waals surface area (Å²) in [6.07, 6.45) is 4.32. The zero-order valence-corrected chi connectivity index (χ0v) is 22.2. The van der Waals surface area contributed by atoms with Gasteiger partial charge in [0.15, 0.2) is 10.9 Å². The van der Waals surface area contributed by atoms with Crippen LogP contribution in [-0.4, -0.2) is 56.5 Å². The lowest BCUT2D eigenvalue weighted by Gasteiger charge is -2.17. The molecular formula is C24H36N4O3S2.